The molecule has 0 spiro atoms. The Bertz CT molecular complexity index is 898. The van der Waals surface area contributed by atoms with Gasteiger partial charge < -0.3 is 14.8 Å². The summed E-state index contributed by atoms with van der Waals surface area (Å²) in [5.41, 5.74) is 3.09. The number of halogens is 1. The summed E-state index contributed by atoms with van der Waals surface area (Å²) in [5.74, 6) is -0.497. The third-order valence-corrected chi connectivity index (χ3v) is 5.66. The van der Waals surface area contributed by atoms with Crippen molar-refractivity contribution < 1.29 is 19.1 Å². The van der Waals surface area contributed by atoms with Crippen LogP contribution < -0.4 is 10.1 Å². The van der Waals surface area contributed by atoms with E-state index in [1.54, 1.807) is 20.1 Å². The highest BCUT2D eigenvalue weighted by atomic mass is 35.5. The van der Waals surface area contributed by atoms with Gasteiger partial charge in [-0.1, -0.05) is 37.6 Å². The van der Waals surface area contributed by atoms with E-state index in [0.29, 0.717) is 39.6 Å². The van der Waals surface area contributed by atoms with Gasteiger partial charge in [0.25, 0.3) is 0 Å². The van der Waals surface area contributed by atoms with Gasteiger partial charge in [-0.15, -0.1) is 0 Å². The van der Waals surface area contributed by atoms with Gasteiger partial charge >= 0.3 is 5.97 Å². The summed E-state index contributed by atoms with van der Waals surface area (Å²) in [4.78, 5) is 26.0. The lowest BCUT2D eigenvalue weighted by atomic mass is 9.68. The molecule has 0 saturated heterocycles. The second-order valence-electron chi connectivity index (χ2n) is 8.01. The SMILES string of the molecule is CCOC(=O)C1=C(C)NC2=C(C(=O)CC(C)(C)C2)[C@@H]1c1cccc(OC)c1Cl. The van der Waals surface area contributed by atoms with Gasteiger partial charge in [0, 0.05) is 29.3 Å². The van der Waals surface area contributed by atoms with Gasteiger partial charge in [-0.05, 0) is 37.3 Å². The number of carbonyl (C=O) groups excluding carboxylic acids is 2. The van der Waals surface area contributed by atoms with Crippen LogP contribution in [-0.4, -0.2) is 25.5 Å². The predicted octanol–water partition coefficient (Wildman–Crippen LogP) is 4.52. The number of Topliss-reactive ketones (excluding diaryl/α,β-unsaturated/α-hetero) is 1. The van der Waals surface area contributed by atoms with Gasteiger partial charge in [-0.3, -0.25) is 4.79 Å². The van der Waals surface area contributed by atoms with Crippen molar-refractivity contribution in [2.24, 2.45) is 5.41 Å². The van der Waals surface area contributed by atoms with Crippen LogP contribution in [0.4, 0.5) is 0 Å². The lowest BCUT2D eigenvalue weighted by Gasteiger charge is -2.39. The molecule has 0 amide bonds. The topological polar surface area (TPSA) is 64.6 Å². The van der Waals surface area contributed by atoms with Gasteiger partial charge in [-0.2, -0.15) is 0 Å². The minimum absolute atomic E-state index is 0.0249. The monoisotopic (exact) mass is 403 g/mol. The van der Waals surface area contributed by atoms with E-state index in [9.17, 15) is 9.59 Å². The van der Waals surface area contributed by atoms with Crippen molar-refractivity contribution in [2.75, 3.05) is 13.7 Å². The molecule has 6 heteroatoms. The Labute approximate surface area is 170 Å². The van der Waals surface area contributed by atoms with E-state index in [2.05, 4.69) is 19.2 Å². The molecule has 0 saturated carbocycles. The first-order valence-corrected chi connectivity index (χ1v) is 9.81. The van der Waals surface area contributed by atoms with E-state index in [0.717, 1.165) is 12.1 Å². The maximum atomic E-state index is 13.2. The number of dihydropyridines is 1. The second-order valence-corrected chi connectivity index (χ2v) is 8.39. The van der Waals surface area contributed by atoms with Gasteiger partial charge in [-0.25, -0.2) is 4.79 Å². The average Bonchev–Trinajstić information content (AvgIpc) is 2.59. The molecule has 1 aliphatic heterocycles. The molecule has 1 atom stereocenters. The highest BCUT2D eigenvalue weighted by Crippen LogP contribution is 2.49. The van der Waals surface area contributed by atoms with E-state index in [1.165, 1.54) is 0 Å². The highest BCUT2D eigenvalue weighted by Gasteiger charge is 2.43. The number of esters is 1. The third kappa shape index (κ3) is 3.55. The molecule has 1 aromatic rings. The van der Waals surface area contributed by atoms with Gasteiger partial charge in [0.05, 0.1) is 24.3 Å². The van der Waals surface area contributed by atoms with E-state index < -0.39 is 11.9 Å². The van der Waals surface area contributed by atoms with E-state index in [4.69, 9.17) is 21.1 Å². The number of nitrogens with one attached hydrogen (secondary N) is 1. The number of ketones is 1. The van der Waals surface area contributed by atoms with E-state index in [1.807, 2.05) is 19.1 Å². The molecule has 0 unspecified atom stereocenters. The summed E-state index contributed by atoms with van der Waals surface area (Å²) < 4.78 is 10.7. The fraction of sp³-hybridized carbons (Fsp3) is 0.455. The molecule has 1 aromatic carbocycles. The molecule has 1 aliphatic carbocycles. The Kier molecular flexibility index (Phi) is 5.57. The number of benzene rings is 1. The first-order chi connectivity index (χ1) is 13.2. The summed E-state index contributed by atoms with van der Waals surface area (Å²) in [5, 5.41) is 3.70. The molecule has 0 radical (unpaired) electrons. The maximum absolute atomic E-state index is 13.2. The van der Waals surface area contributed by atoms with E-state index >= 15 is 0 Å². The Morgan fingerprint density at radius 3 is 2.68 bits per heavy atom. The molecule has 3 rings (SSSR count). The van der Waals surface area contributed by atoms with Crippen LogP contribution in [0.1, 0.15) is 52.0 Å². The van der Waals surface area contributed by atoms with Crippen LogP contribution in [0.25, 0.3) is 0 Å². The van der Waals surface area contributed by atoms with Crippen molar-refractivity contribution in [1.29, 1.82) is 0 Å². The van der Waals surface area contributed by atoms with Crippen LogP contribution in [0.3, 0.4) is 0 Å². The van der Waals surface area contributed by atoms with Crippen LogP contribution in [0, 0.1) is 5.41 Å². The summed E-state index contributed by atoms with van der Waals surface area (Å²) in [7, 11) is 1.54. The first kappa shape index (κ1) is 20.5. The molecule has 0 fully saturated rings. The van der Waals surface area contributed by atoms with Crippen LogP contribution in [0.15, 0.2) is 40.7 Å². The van der Waals surface area contributed by atoms with Crippen molar-refractivity contribution in [2.45, 2.75) is 46.5 Å². The molecule has 150 valence electrons. The van der Waals surface area contributed by atoms with Crippen LogP contribution in [0.5, 0.6) is 5.75 Å². The molecular weight excluding hydrogens is 378 g/mol. The zero-order valence-electron chi connectivity index (χ0n) is 16.9. The second kappa shape index (κ2) is 7.63. The third-order valence-electron chi connectivity index (χ3n) is 5.26. The van der Waals surface area contributed by atoms with Gasteiger partial charge in [0.1, 0.15) is 5.75 Å². The minimum Gasteiger partial charge on any atom is -0.495 e. The quantitative estimate of drug-likeness (QED) is 0.749. The lowest BCUT2D eigenvalue weighted by molar-refractivity contribution is -0.138. The Morgan fingerprint density at radius 2 is 2.04 bits per heavy atom. The normalized spacial score (nSPS) is 21.2. The predicted molar refractivity (Wildman–Crippen MR) is 108 cm³/mol. The Morgan fingerprint density at radius 1 is 1.32 bits per heavy atom. The number of rotatable bonds is 4. The van der Waals surface area contributed by atoms with Crippen molar-refractivity contribution in [3.63, 3.8) is 0 Å². The minimum atomic E-state index is -0.582. The fourth-order valence-corrected chi connectivity index (χ4v) is 4.45. The summed E-state index contributed by atoms with van der Waals surface area (Å²) >= 11 is 6.62. The fourth-order valence-electron chi connectivity index (χ4n) is 4.13. The van der Waals surface area contributed by atoms with Crippen molar-refractivity contribution in [1.82, 2.24) is 5.32 Å². The van der Waals surface area contributed by atoms with Gasteiger partial charge in [0.15, 0.2) is 5.78 Å². The van der Waals surface area contributed by atoms with Crippen LogP contribution >= 0.6 is 11.6 Å². The number of allylic oxidation sites excluding steroid dienone is 3. The standard InChI is InChI=1S/C22H26ClNO4/c1-6-28-21(26)17-12(2)24-14-10-22(3,4)11-15(25)19(14)18(17)13-8-7-9-16(27-5)20(13)23/h7-9,18,24H,6,10-11H2,1-5H3/t18-/m1/s1. The highest BCUT2D eigenvalue weighted by molar-refractivity contribution is 6.33. The molecular formula is C22H26ClNO4. The first-order valence-electron chi connectivity index (χ1n) is 9.43. The van der Waals surface area contributed by atoms with Gasteiger partial charge in [0.2, 0.25) is 0 Å². The van der Waals surface area contributed by atoms with Crippen molar-refractivity contribution in [3.05, 3.63) is 51.3 Å². The van der Waals surface area contributed by atoms with Crippen LogP contribution in [-0.2, 0) is 14.3 Å². The number of hydrogen-bond donors (Lipinski definition) is 1. The maximum Gasteiger partial charge on any atom is 0.336 e. The number of hydrogen-bond acceptors (Lipinski definition) is 5. The lowest BCUT2D eigenvalue weighted by Crippen LogP contribution is -2.38. The zero-order chi connectivity index (χ0) is 20.6. The Hall–Kier alpha value is -2.27. The largest absolute Gasteiger partial charge is 0.495 e. The van der Waals surface area contributed by atoms with E-state index in [-0.39, 0.29) is 17.8 Å². The molecule has 0 aromatic heterocycles. The molecule has 5 nitrogen and oxygen atoms in total. The zero-order valence-corrected chi connectivity index (χ0v) is 17.7. The average molecular weight is 404 g/mol. The molecule has 28 heavy (non-hydrogen) atoms. The van der Waals surface area contributed by atoms with Crippen molar-refractivity contribution in [3.8, 4) is 5.75 Å². The Balaban J connectivity index is 2.24. The number of methoxy groups -OCH3 is 1. The smallest absolute Gasteiger partial charge is 0.336 e. The molecule has 2 aliphatic rings. The van der Waals surface area contributed by atoms with Crippen molar-refractivity contribution >= 4 is 23.4 Å². The number of carbonyl (C=O) groups is 2. The molecule has 1 heterocycles. The molecule has 1 N–H and O–H groups in total. The summed E-state index contributed by atoms with van der Waals surface area (Å²) in [6, 6.07) is 5.41. The summed E-state index contributed by atoms with van der Waals surface area (Å²) in [6.07, 6.45) is 1.14. The number of ether oxygens (including phenoxy) is 2. The van der Waals surface area contributed by atoms with Crippen LogP contribution in [0.2, 0.25) is 5.02 Å². The molecule has 0 bridgehead atoms. The summed E-state index contributed by atoms with van der Waals surface area (Å²) in [6.45, 7) is 7.99.